The number of carboxylic acids is 1. The maximum atomic E-state index is 13.0. The van der Waals surface area contributed by atoms with Crippen LogP contribution in [0.15, 0.2) is 91.0 Å². The highest BCUT2D eigenvalue weighted by Gasteiger charge is 2.32. The first-order chi connectivity index (χ1) is 16.5. The van der Waals surface area contributed by atoms with E-state index in [0.717, 1.165) is 38.6 Å². The third-order valence-corrected chi connectivity index (χ3v) is 6.67. The third kappa shape index (κ3) is 3.90. The molecule has 0 saturated heterocycles. The Bertz CT molecular complexity index is 1330. The summed E-state index contributed by atoms with van der Waals surface area (Å²) in [5.41, 5.74) is 5.40. The summed E-state index contributed by atoms with van der Waals surface area (Å²) in [6.07, 6.45) is -0.452. The predicted molar refractivity (Wildman–Crippen MR) is 132 cm³/mol. The number of ether oxygens (including phenoxy) is 1. The zero-order chi connectivity index (χ0) is 23.7. The van der Waals surface area contributed by atoms with E-state index in [1.54, 1.807) is 0 Å². The summed E-state index contributed by atoms with van der Waals surface area (Å²) in [6, 6.07) is 28.8. The smallest absolute Gasteiger partial charge is 0.410 e. The molecule has 0 saturated carbocycles. The van der Waals surface area contributed by atoms with Crippen LogP contribution >= 0.6 is 0 Å². The summed E-state index contributed by atoms with van der Waals surface area (Å²) in [4.78, 5) is 26.3. The van der Waals surface area contributed by atoms with Gasteiger partial charge in [-0.15, -0.1) is 0 Å². The molecule has 1 amide bonds. The number of benzene rings is 4. The van der Waals surface area contributed by atoms with Gasteiger partial charge in [0.25, 0.3) is 0 Å². The van der Waals surface area contributed by atoms with Gasteiger partial charge in [0.05, 0.1) is 0 Å². The van der Waals surface area contributed by atoms with Crippen molar-refractivity contribution in [1.82, 2.24) is 4.90 Å². The Labute approximate surface area is 198 Å². The molecular formula is C29H25NO4. The quantitative estimate of drug-likeness (QED) is 0.407. The number of fused-ring (bicyclic) bond motifs is 4. The molecule has 0 aromatic heterocycles. The van der Waals surface area contributed by atoms with Crippen molar-refractivity contribution in [1.29, 1.82) is 0 Å². The number of carbonyl (C=O) groups is 2. The molecule has 0 aliphatic heterocycles. The fourth-order valence-electron chi connectivity index (χ4n) is 4.89. The maximum Gasteiger partial charge on any atom is 0.410 e. The first kappa shape index (κ1) is 21.7. The number of hydrogen-bond donors (Lipinski definition) is 1. The lowest BCUT2D eigenvalue weighted by molar-refractivity contribution is -0.142. The van der Waals surface area contributed by atoms with Gasteiger partial charge >= 0.3 is 12.1 Å². The molecule has 1 aliphatic carbocycles. The van der Waals surface area contributed by atoms with Gasteiger partial charge in [-0.2, -0.15) is 0 Å². The van der Waals surface area contributed by atoms with E-state index < -0.39 is 18.1 Å². The van der Waals surface area contributed by atoms with Crippen molar-refractivity contribution in [2.75, 3.05) is 13.7 Å². The zero-order valence-electron chi connectivity index (χ0n) is 18.8. The van der Waals surface area contributed by atoms with Crippen LogP contribution in [0.5, 0.6) is 0 Å². The number of carbonyl (C=O) groups excluding carboxylic acids is 1. The number of nitrogens with zero attached hydrogens (tertiary/aromatic N) is 1. The fourth-order valence-corrected chi connectivity index (χ4v) is 4.89. The second kappa shape index (κ2) is 9.02. The average molecular weight is 452 g/mol. The van der Waals surface area contributed by atoms with Crippen LogP contribution in [-0.2, 0) is 16.0 Å². The van der Waals surface area contributed by atoms with Crippen LogP contribution in [0.4, 0.5) is 4.79 Å². The fraction of sp³-hybridized carbons (Fsp3) is 0.172. The molecule has 5 heteroatoms. The van der Waals surface area contributed by atoms with Gasteiger partial charge in [-0.25, -0.2) is 9.59 Å². The van der Waals surface area contributed by atoms with Gasteiger partial charge in [-0.3, -0.25) is 4.90 Å². The topological polar surface area (TPSA) is 66.8 Å². The Morgan fingerprint density at radius 3 is 2.12 bits per heavy atom. The Balaban J connectivity index is 1.33. The predicted octanol–water partition coefficient (Wildman–Crippen LogP) is 5.72. The summed E-state index contributed by atoms with van der Waals surface area (Å²) >= 11 is 0. The van der Waals surface area contributed by atoms with Crippen LogP contribution in [0.3, 0.4) is 0 Å². The number of likely N-dealkylation sites (N-methyl/N-ethyl adjacent to an activating group) is 1. The molecule has 0 spiro atoms. The summed E-state index contributed by atoms with van der Waals surface area (Å²) in [5.74, 6) is -1.14. The first-order valence-electron chi connectivity index (χ1n) is 11.3. The van der Waals surface area contributed by atoms with Gasteiger partial charge in [0.1, 0.15) is 12.6 Å². The summed E-state index contributed by atoms with van der Waals surface area (Å²) < 4.78 is 5.68. The van der Waals surface area contributed by atoms with Crippen molar-refractivity contribution in [3.05, 3.63) is 108 Å². The molecule has 5 rings (SSSR count). The van der Waals surface area contributed by atoms with Gasteiger partial charge in [-0.1, -0.05) is 91.0 Å². The van der Waals surface area contributed by atoms with E-state index in [2.05, 4.69) is 24.3 Å². The molecule has 4 aromatic rings. The SMILES string of the molecule is CN(C(=O)OCC1c2ccccc2-c2ccccc21)C(Cc1cccc2ccccc12)C(=O)O. The maximum absolute atomic E-state index is 13.0. The molecule has 1 aliphatic rings. The van der Waals surface area contributed by atoms with Crippen LogP contribution in [0.2, 0.25) is 0 Å². The van der Waals surface area contributed by atoms with Gasteiger partial charge in [0.2, 0.25) is 0 Å². The van der Waals surface area contributed by atoms with Gasteiger partial charge in [0, 0.05) is 19.4 Å². The number of aliphatic carboxylic acids is 1. The Morgan fingerprint density at radius 2 is 1.44 bits per heavy atom. The molecule has 4 aromatic carbocycles. The van der Waals surface area contributed by atoms with E-state index in [9.17, 15) is 14.7 Å². The highest BCUT2D eigenvalue weighted by Crippen LogP contribution is 2.44. The van der Waals surface area contributed by atoms with Crippen molar-refractivity contribution < 1.29 is 19.4 Å². The van der Waals surface area contributed by atoms with Crippen LogP contribution in [-0.4, -0.2) is 41.8 Å². The highest BCUT2D eigenvalue weighted by atomic mass is 16.6. The molecule has 1 N–H and O–H groups in total. The molecule has 0 heterocycles. The average Bonchev–Trinajstić information content (AvgIpc) is 3.19. The molecule has 5 nitrogen and oxygen atoms in total. The number of carboxylic acid groups (broad SMARTS) is 1. The van der Waals surface area contributed by atoms with Gasteiger partial charge in [-0.05, 0) is 38.6 Å². The van der Waals surface area contributed by atoms with E-state index in [0.29, 0.717) is 0 Å². The van der Waals surface area contributed by atoms with Crippen LogP contribution in [0.1, 0.15) is 22.6 Å². The minimum Gasteiger partial charge on any atom is -0.480 e. The van der Waals surface area contributed by atoms with Crippen molar-refractivity contribution in [3.63, 3.8) is 0 Å². The van der Waals surface area contributed by atoms with E-state index >= 15 is 0 Å². The molecule has 34 heavy (non-hydrogen) atoms. The highest BCUT2D eigenvalue weighted by molar-refractivity contribution is 5.87. The first-order valence-corrected chi connectivity index (χ1v) is 11.3. The summed E-state index contributed by atoms with van der Waals surface area (Å²) in [7, 11) is 1.49. The minimum absolute atomic E-state index is 0.0777. The Kier molecular flexibility index (Phi) is 5.76. The number of amides is 1. The second-order valence-electron chi connectivity index (χ2n) is 8.61. The van der Waals surface area contributed by atoms with Crippen LogP contribution < -0.4 is 0 Å². The van der Waals surface area contributed by atoms with Crippen molar-refractivity contribution in [2.45, 2.75) is 18.4 Å². The molecule has 1 unspecified atom stereocenters. The molecule has 170 valence electrons. The molecule has 1 atom stereocenters. The number of hydrogen-bond acceptors (Lipinski definition) is 3. The lowest BCUT2D eigenvalue weighted by atomic mass is 9.98. The van der Waals surface area contributed by atoms with Crippen LogP contribution in [0.25, 0.3) is 21.9 Å². The monoisotopic (exact) mass is 451 g/mol. The Hall–Kier alpha value is -4.12. The van der Waals surface area contributed by atoms with E-state index in [1.165, 1.54) is 11.9 Å². The molecule has 0 radical (unpaired) electrons. The lowest BCUT2D eigenvalue weighted by Crippen LogP contribution is -2.44. The third-order valence-electron chi connectivity index (χ3n) is 6.67. The largest absolute Gasteiger partial charge is 0.480 e. The lowest BCUT2D eigenvalue weighted by Gasteiger charge is -2.25. The normalized spacial score (nSPS) is 13.2. The number of rotatable bonds is 6. The molecular weight excluding hydrogens is 426 g/mol. The molecule has 0 bridgehead atoms. The van der Waals surface area contributed by atoms with Gasteiger partial charge in [0.15, 0.2) is 0 Å². The minimum atomic E-state index is -1.07. The standard InChI is InChI=1S/C29H25NO4/c1-30(27(28(31)32)17-20-11-8-10-19-9-2-3-12-21(19)20)29(33)34-18-26-24-15-6-4-13-22(24)23-14-5-7-16-25(23)26/h2-16,26-27H,17-18H2,1H3,(H,31,32). The zero-order valence-corrected chi connectivity index (χ0v) is 18.8. The Morgan fingerprint density at radius 1 is 0.853 bits per heavy atom. The van der Waals surface area contributed by atoms with Crippen molar-refractivity contribution in [3.8, 4) is 11.1 Å². The van der Waals surface area contributed by atoms with Crippen molar-refractivity contribution in [2.24, 2.45) is 0 Å². The van der Waals surface area contributed by atoms with E-state index in [4.69, 9.17) is 4.74 Å². The summed E-state index contributed by atoms with van der Waals surface area (Å²) in [5, 5.41) is 11.9. The van der Waals surface area contributed by atoms with Crippen molar-refractivity contribution >= 4 is 22.8 Å². The van der Waals surface area contributed by atoms with Crippen LogP contribution in [0, 0.1) is 0 Å². The van der Waals surface area contributed by atoms with E-state index in [1.807, 2.05) is 66.7 Å². The molecule has 0 fully saturated rings. The summed E-state index contributed by atoms with van der Waals surface area (Å²) in [6.45, 7) is 0.151. The van der Waals surface area contributed by atoms with Gasteiger partial charge < -0.3 is 9.84 Å². The second-order valence-corrected chi connectivity index (χ2v) is 8.61. The van der Waals surface area contributed by atoms with E-state index in [-0.39, 0.29) is 18.9 Å².